The van der Waals surface area contributed by atoms with E-state index in [0.717, 1.165) is 16.9 Å². The van der Waals surface area contributed by atoms with E-state index in [1.165, 1.54) is 0 Å². The average Bonchev–Trinajstić information content (AvgIpc) is 2.15. The number of hydrogen-bond donors (Lipinski definition) is 2. The molecule has 4 nitrogen and oxygen atoms in total. The molecule has 0 heterocycles. The van der Waals surface area contributed by atoms with Crippen molar-refractivity contribution in [1.82, 2.24) is 0 Å². The highest BCUT2D eigenvalue weighted by Crippen LogP contribution is 2.22. The van der Waals surface area contributed by atoms with E-state index in [1.807, 2.05) is 39.0 Å². The molecule has 0 radical (unpaired) electrons. The Morgan fingerprint density at radius 3 is 2.62 bits per heavy atom. The van der Waals surface area contributed by atoms with Gasteiger partial charge in [0, 0.05) is 5.56 Å². The van der Waals surface area contributed by atoms with E-state index in [4.69, 9.17) is 16.2 Å². The number of hydrogen-bond acceptors (Lipinski definition) is 2. The lowest BCUT2D eigenvalue weighted by atomic mass is 10.1. The lowest BCUT2D eigenvalue weighted by Crippen LogP contribution is -2.22. The second kappa shape index (κ2) is 5.39. The fourth-order valence-corrected chi connectivity index (χ4v) is 1.33. The zero-order valence-electron chi connectivity index (χ0n) is 10.0. The smallest absolute Gasteiger partial charge is 0.186 e. The summed E-state index contributed by atoms with van der Waals surface area (Å²) in [5.74, 6) is 0.941. The van der Waals surface area contributed by atoms with Crippen molar-refractivity contribution in [2.45, 2.75) is 33.4 Å². The van der Waals surface area contributed by atoms with Crippen LogP contribution in [0.4, 0.5) is 0 Å². The topological polar surface area (TPSA) is 73.6 Å². The number of guanidine groups is 1. The quantitative estimate of drug-likeness (QED) is 0.598. The van der Waals surface area contributed by atoms with Crippen molar-refractivity contribution in [3.05, 3.63) is 29.3 Å². The van der Waals surface area contributed by atoms with Gasteiger partial charge in [0.25, 0.3) is 0 Å². The van der Waals surface area contributed by atoms with Gasteiger partial charge in [-0.25, -0.2) is 4.99 Å². The molecular weight excluding hydrogens is 202 g/mol. The molecule has 0 bridgehead atoms. The average molecular weight is 221 g/mol. The summed E-state index contributed by atoms with van der Waals surface area (Å²) in [6.07, 6.45) is 0.139. The Balaban J connectivity index is 2.93. The maximum Gasteiger partial charge on any atom is 0.186 e. The van der Waals surface area contributed by atoms with Gasteiger partial charge in [-0.3, -0.25) is 0 Å². The highest BCUT2D eigenvalue weighted by atomic mass is 16.5. The molecule has 1 aromatic carbocycles. The third kappa shape index (κ3) is 3.81. The van der Waals surface area contributed by atoms with Crippen LogP contribution in [0.2, 0.25) is 0 Å². The number of aliphatic imine (C=N–C) groups is 1. The van der Waals surface area contributed by atoms with Gasteiger partial charge in [0.05, 0.1) is 12.6 Å². The van der Waals surface area contributed by atoms with Crippen LogP contribution in [0, 0.1) is 6.92 Å². The predicted molar refractivity (Wildman–Crippen MR) is 66.5 cm³/mol. The van der Waals surface area contributed by atoms with Crippen LogP contribution in [0.5, 0.6) is 5.75 Å². The van der Waals surface area contributed by atoms with E-state index in [9.17, 15) is 0 Å². The zero-order valence-corrected chi connectivity index (χ0v) is 10.0. The van der Waals surface area contributed by atoms with Crippen molar-refractivity contribution in [3.8, 4) is 5.75 Å². The van der Waals surface area contributed by atoms with E-state index >= 15 is 0 Å². The Hall–Kier alpha value is -1.71. The van der Waals surface area contributed by atoms with Crippen LogP contribution in [-0.4, -0.2) is 12.1 Å². The van der Waals surface area contributed by atoms with Crippen LogP contribution in [0.3, 0.4) is 0 Å². The molecule has 0 aliphatic carbocycles. The third-order valence-corrected chi connectivity index (χ3v) is 2.02. The minimum atomic E-state index is 0.0936. The number of ether oxygens (including phenoxy) is 1. The number of nitrogens with two attached hydrogens (primary N) is 2. The Bertz CT molecular complexity index is 382. The summed E-state index contributed by atoms with van der Waals surface area (Å²) in [6, 6.07) is 6.00. The first kappa shape index (κ1) is 12.4. The summed E-state index contributed by atoms with van der Waals surface area (Å²) in [5, 5.41) is 0. The summed E-state index contributed by atoms with van der Waals surface area (Å²) in [4.78, 5) is 3.98. The van der Waals surface area contributed by atoms with Crippen LogP contribution in [-0.2, 0) is 6.54 Å². The molecule has 4 N–H and O–H groups in total. The number of nitrogens with zero attached hydrogens (tertiary/aromatic N) is 1. The van der Waals surface area contributed by atoms with Crippen molar-refractivity contribution < 1.29 is 4.74 Å². The normalized spacial score (nSPS) is 10.2. The minimum Gasteiger partial charge on any atom is -0.491 e. The molecule has 0 amide bonds. The molecule has 0 atom stereocenters. The van der Waals surface area contributed by atoms with Crippen LogP contribution >= 0.6 is 0 Å². The molecule has 1 aromatic rings. The van der Waals surface area contributed by atoms with Crippen LogP contribution in [0.25, 0.3) is 0 Å². The molecular formula is C12H19N3O. The number of rotatable bonds is 4. The van der Waals surface area contributed by atoms with Crippen molar-refractivity contribution in [1.29, 1.82) is 0 Å². The molecule has 0 spiro atoms. The van der Waals surface area contributed by atoms with Gasteiger partial charge in [-0.05, 0) is 32.4 Å². The predicted octanol–water partition coefficient (Wildman–Crippen LogP) is 1.56. The molecule has 0 aliphatic rings. The first-order valence-electron chi connectivity index (χ1n) is 5.30. The fourth-order valence-electron chi connectivity index (χ4n) is 1.33. The van der Waals surface area contributed by atoms with Gasteiger partial charge in [0.1, 0.15) is 5.75 Å². The Labute approximate surface area is 96.3 Å². The monoisotopic (exact) mass is 221 g/mol. The maximum absolute atomic E-state index is 5.71. The van der Waals surface area contributed by atoms with Gasteiger partial charge in [-0.1, -0.05) is 12.1 Å². The standard InChI is InChI=1S/C12H19N3O/c1-8(2)16-11-6-9(3)4-5-10(11)7-15-12(13)14/h4-6,8H,7H2,1-3H3,(H4,13,14,15). The molecule has 1 rings (SSSR count). The van der Waals surface area contributed by atoms with Gasteiger partial charge in [-0.2, -0.15) is 0 Å². The summed E-state index contributed by atoms with van der Waals surface area (Å²) < 4.78 is 5.71. The maximum atomic E-state index is 5.71. The molecule has 0 fully saturated rings. The largest absolute Gasteiger partial charge is 0.491 e. The van der Waals surface area contributed by atoms with E-state index in [1.54, 1.807) is 0 Å². The summed E-state index contributed by atoms with van der Waals surface area (Å²) in [5.41, 5.74) is 12.8. The van der Waals surface area contributed by atoms with Gasteiger partial charge in [0.2, 0.25) is 0 Å². The second-order valence-corrected chi connectivity index (χ2v) is 4.02. The minimum absolute atomic E-state index is 0.0936. The van der Waals surface area contributed by atoms with E-state index in [2.05, 4.69) is 4.99 Å². The molecule has 0 aromatic heterocycles. The highest BCUT2D eigenvalue weighted by molar-refractivity contribution is 5.75. The lowest BCUT2D eigenvalue weighted by molar-refractivity contribution is 0.240. The lowest BCUT2D eigenvalue weighted by Gasteiger charge is -2.14. The Morgan fingerprint density at radius 1 is 1.38 bits per heavy atom. The van der Waals surface area contributed by atoms with Gasteiger partial charge >= 0.3 is 0 Å². The molecule has 0 aliphatic heterocycles. The molecule has 88 valence electrons. The van der Waals surface area contributed by atoms with E-state index in [-0.39, 0.29) is 12.1 Å². The second-order valence-electron chi connectivity index (χ2n) is 4.02. The Kier molecular flexibility index (Phi) is 4.17. The first-order valence-corrected chi connectivity index (χ1v) is 5.30. The van der Waals surface area contributed by atoms with E-state index in [0.29, 0.717) is 6.54 Å². The van der Waals surface area contributed by atoms with E-state index < -0.39 is 0 Å². The highest BCUT2D eigenvalue weighted by Gasteiger charge is 2.05. The third-order valence-electron chi connectivity index (χ3n) is 2.02. The number of benzene rings is 1. The zero-order chi connectivity index (χ0) is 12.1. The van der Waals surface area contributed by atoms with Crippen molar-refractivity contribution in [3.63, 3.8) is 0 Å². The Morgan fingerprint density at radius 2 is 2.06 bits per heavy atom. The fraction of sp³-hybridized carbons (Fsp3) is 0.417. The molecule has 4 heteroatoms. The summed E-state index contributed by atoms with van der Waals surface area (Å²) >= 11 is 0. The molecule has 0 saturated carbocycles. The molecule has 0 unspecified atom stereocenters. The van der Waals surface area contributed by atoms with Crippen molar-refractivity contribution in [2.24, 2.45) is 16.5 Å². The number of aryl methyl sites for hydroxylation is 1. The first-order chi connectivity index (χ1) is 7.49. The van der Waals surface area contributed by atoms with Gasteiger partial charge in [-0.15, -0.1) is 0 Å². The van der Waals surface area contributed by atoms with Crippen LogP contribution in [0.15, 0.2) is 23.2 Å². The van der Waals surface area contributed by atoms with Crippen LogP contribution < -0.4 is 16.2 Å². The van der Waals surface area contributed by atoms with Gasteiger partial charge < -0.3 is 16.2 Å². The van der Waals surface area contributed by atoms with Crippen LogP contribution in [0.1, 0.15) is 25.0 Å². The summed E-state index contributed by atoms with van der Waals surface area (Å²) in [7, 11) is 0. The molecule has 0 saturated heterocycles. The van der Waals surface area contributed by atoms with Gasteiger partial charge in [0.15, 0.2) is 5.96 Å². The molecule has 16 heavy (non-hydrogen) atoms. The van der Waals surface area contributed by atoms with Crippen molar-refractivity contribution in [2.75, 3.05) is 0 Å². The summed E-state index contributed by atoms with van der Waals surface area (Å²) in [6.45, 7) is 6.46. The van der Waals surface area contributed by atoms with Crippen molar-refractivity contribution >= 4 is 5.96 Å². The SMILES string of the molecule is Cc1ccc(CN=C(N)N)c(OC(C)C)c1.